The molecule has 3 nitrogen and oxygen atoms in total. The van der Waals surface area contributed by atoms with Gasteiger partial charge in [0.2, 0.25) is 5.91 Å². The predicted octanol–water partition coefficient (Wildman–Crippen LogP) is 4.54. The third-order valence-electron chi connectivity index (χ3n) is 4.48. The number of nitrogens with zero attached hydrogens (tertiary/aromatic N) is 1. The van der Waals surface area contributed by atoms with Crippen molar-refractivity contribution in [3.63, 3.8) is 0 Å². The van der Waals surface area contributed by atoms with Gasteiger partial charge in [0.05, 0.1) is 23.5 Å². The van der Waals surface area contributed by atoms with E-state index in [4.69, 9.17) is 0 Å². The first kappa shape index (κ1) is 18.2. The van der Waals surface area contributed by atoms with E-state index in [1.54, 1.807) is 11.0 Å². The van der Waals surface area contributed by atoms with Gasteiger partial charge in [-0.3, -0.25) is 4.79 Å². The molecule has 1 heterocycles. The number of fused-ring (bicyclic) bond motifs is 1. The molecular weight excluding hydrogens is 348 g/mol. The monoisotopic (exact) mass is 366 g/mol. The van der Waals surface area contributed by atoms with Crippen LogP contribution in [0.25, 0.3) is 0 Å². The highest BCUT2D eigenvalue weighted by Crippen LogP contribution is 2.35. The van der Waals surface area contributed by atoms with E-state index >= 15 is 0 Å². The number of aryl methyl sites for hydroxylation is 1. The van der Waals surface area contributed by atoms with Crippen molar-refractivity contribution in [2.45, 2.75) is 25.9 Å². The minimum Gasteiger partial charge on any atom is -0.360 e. The second-order valence-corrected chi connectivity index (χ2v) is 6.31. The van der Waals surface area contributed by atoms with Crippen molar-refractivity contribution in [3.8, 4) is 0 Å². The maximum Gasteiger partial charge on any atom is 0.418 e. The summed E-state index contributed by atoms with van der Waals surface area (Å²) in [5.41, 5.74) is 0.950. The van der Waals surface area contributed by atoms with Gasteiger partial charge in [-0.05, 0) is 49.1 Å². The summed E-state index contributed by atoms with van der Waals surface area (Å²) in [6.45, 7) is 2.14. The van der Waals surface area contributed by atoms with Crippen molar-refractivity contribution in [1.82, 2.24) is 0 Å². The number of rotatable bonds is 3. The standard InChI is InChI=1S/C19H18F4N2O/c1-12-8-9-15(20)18-13(12)5-4-10-25(18)11-17(26)24-16-7-3-2-6-14(16)19(21,22)23/h2-3,6-9H,4-5,10-11H2,1H3,(H,24,26). The lowest BCUT2D eigenvalue weighted by molar-refractivity contribution is -0.137. The molecule has 0 aromatic heterocycles. The number of carbonyl (C=O) groups excluding carboxylic acids is 1. The normalized spacial score (nSPS) is 14.1. The molecule has 0 unspecified atom stereocenters. The van der Waals surface area contributed by atoms with Gasteiger partial charge in [-0.15, -0.1) is 0 Å². The first-order valence-corrected chi connectivity index (χ1v) is 8.26. The van der Waals surface area contributed by atoms with Crippen LogP contribution in [-0.2, 0) is 17.4 Å². The van der Waals surface area contributed by atoms with Crippen LogP contribution in [-0.4, -0.2) is 19.0 Å². The van der Waals surface area contributed by atoms with Crippen molar-refractivity contribution >= 4 is 17.3 Å². The van der Waals surface area contributed by atoms with Crippen LogP contribution in [0.1, 0.15) is 23.1 Å². The molecule has 3 rings (SSSR count). The maximum atomic E-state index is 14.3. The minimum atomic E-state index is -4.56. The van der Waals surface area contributed by atoms with Gasteiger partial charge in [0.1, 0.15) is 5.82 Å². The Hall–Kier alpha value is -2.57. The van der Waals surface area contributed by atoms with Gasteiger partial charge in [0.25, 0.3) is 0 Å². The fourth-order valence-electron chi connectivity index (χ4n) is 3.29. The summed E-state index contributed by atoms with van der Waals surface area (Å²) in [6, 6.07) is 7.84. The van der Waals surface area contributed by atoms with E-state index in [9.17, 15) is 22.4 Å². The number of carbonyl (C=O) groups is 1. The molecule has 1 N–H and O–H groups in total. The Balaban J connectivity index is 1.81. The largest absolute Gasteiger partial charge is 0.418 e. The van der Waals surface area contributed by atoms with E-state index in [0.29, 0.717) is 18.7 Å². The third kappa shape index (κ3) is 3.66. The number of alkyl halides is 3. The first-order chi connectivity index (χ1) is 12.3. The number of hydrogen-bond acceptors (Lipinski definition) is 2. The second-order valence-electron chi connectivity index (χ2n) is 6.31. The lowest BCUT2D eigenvalue weighted by atomic mass is 9.96. The van der Waals surface area contributed by atoms with Gasteiger partial charge in [-0.2, -0.15) is 13.2 Å². The number of amides is 1. The summed E-state index contributed by atoms with van der Waals surface area (Å²) in [4.78, 5) is 13.9. The van der Waals surface area contributed by atoms with Crippen LogP contribution in [0.3, 0.4) is 0 Å². The van der Waals surface area contributed by atoms with Gasteiger partial charge in [-0.1, -0.05) is 18.2 Å². The summed E-state index contributed by atoms with van der Waals surface area (Å²) >= 11 is 0. The summed E-state index contributed by atoms with van der Waals surface area (Å²) in [6.07, 6.45) is -3.09. The Morgan fingerprint density at radius 3 is 2.65 bits per heavy atom. The molecule has 0 radical (unpaired) electrons. The molecule has 1 aliphatic rings. The zero-order valence-corrected chi connectivity index (χ0v) is 14.2. The van der Waals surface area contributed by atoms with Crippen LogP contribution in [0.5, 0.6) is 0 Å². The van der Waals surface area contributed by atoms with E-state index in [1.165, 1.54) is 24.3 Å². The van der Waals surface area contributed by atoms with E-state index in [0.717, 1.165) is 23.6 Å². The molecule has 2 aromatic carbocycles. The van der Waals surface area contributed by atoms with Crippen LogP contribution in [0.2, 0.25) is 0 Å². The first-order valence-electron chi connectivity index (χ1n) is 8.26. The molecule has 138 valence electrons. The van der Waals surface area contributed by atoms with Gasteiger partial charge in [-0.25, -0.2) is 4.39 Å². The lowest BCUT2D eigenvalue weighted by Crippen LogP contribution is -2.38. The number of anilines is 2. The Labute approximate surface area is 148 Å². The highest BCUT2D eigenvalue weighted by atomic mass is 19.4. The summed E-state index contributed by atoms with van der Waals surface area (Å²) in [7, 11) is 0. The summed E-state index contributed by atoms with van der Waals surface area (Å²) < 4.78 is 53.4. The highest BCUT2D eigenvalue weighted by Gasteiger charge is 2.33. The van der Waals surface area contributed by atoms with Gasteiger partial charge in [0, 0.05) is 6.54 Å². The van der Waals surface area contributed by atoms with E-state index in [-0.39, 0.29) is 12.2 Å². The molecule has 2 aromatic rings. The maximum absolute atomic E-state index is 14.3. The zero-order valence-electron chi connectivity index (χ0n) is 14.2. The van der Waals surface area contributed by atoms with Crippen molar-refractivity contribution in [3.05, 3.63) is 58.9 Å². The molecule has 0 saturated carbocycles. The average Bonchev–Trinajstić information content (AvgIpc) is 2.58. The Bertz CT molecular complexity index is 833. The molecule has 26 heavy (non-hydrogen) atoms. The molecule has 1 aliphatic heterocycles. The third-order valence-corrected chi connectivity index (χ3v) is 4.48. The van der Waals surface area contributed by atoms with Crippen LogP contribution in [0.15, 0.2) is 36.4 Å². The van der Waals surface area contributed by atoms with Crippen molar-refractivity contribution in [1.29, 1.82) is 0 Å². The molecule has 0 bridgehead atoms. The van der Waals surface area contributed by atoms with Gasteiger partial charge in [0.15, 0.2) is 0 Å². The minimum absolute atomic E-state index is 0.209. The Morgan fingerprint density at radius 2 is 1.92 bits per heavy atom. The van der Waals surface area contributed by atoms with Gasteiger partial charge < -0.3 is 10.2 Å². The van der Waals surface area contributed by atoms with Crippen molar-refractivity contribution in [2.75, 3.05) is 23.3 Å². The van der Waals surface area contributed by atoms with E-state index < -0.39 is 23.5 Å². The molecule has 0 saturated heterocycles. The lowest BCUT2D eigenvalue weighted by Gasteiger charge is -2.32. The Kier molecular flexibility index (Phi) is 4.89. The molecule has 0 aliphatic carbocycles. The number of halogens is 4. The van der Waals surface area contributed by atoms with Crippen molar-refractivity contribution in [2.24, 2.45) is 0 Å². The predicted molar refractivity (Wildman–Crippen MR) is 91.7 cm³/mol. The molecule has 0 fully saturated rings. The number of para-hydroxylation sites is 1. The molecule has 1 amide bonds. The van der Waals surface area contributed by atoms with Crippen LogP contribution >= 0.6 is 0 Å². The quantitative estimate of drug-likeness (QED) is 0.809. The summed E-state index contributed by atoms with van der Waals surface area (Å²) in [5, 5.41) is 2.31. The molecule has 0 atom stereocenters. The van der Waals surface area contributed by atoms with Gasteiger partial charge >= 0.3 is 6.18 Å². The van der Waals surface area contributed by atoms with Crippen LogP contribution < -0.4 is 10.2 Å². The fourth-order valence-corrected chi connectivity index (χ4v) is 3.29. The molecular formula is C19H18F4N2O. The Morgan fingerprint density at radius 1 is 1.19 bits per heavy atom. The topological polar surface area (TPSA) is 32.3 Å². The number of nitrogens with one attached hydrogen (secondary N) is 1. The SMILES string of the molecule is Cc1ccc(F)c2c1CCCN2CC(=O)Nc1ccccc1C(F)(F)F. The number of hydrogen-bond donors (Lipinski definition) is 1. The van der Waals surface area contributed by atoms with Crippen LogP contribution in [0.4, 0.5) is 28.9 Å². The zero-order chi connectivity index (χ0) is 18.9. The van der Waals surface area contributed by atoms with E-state index in [2.05, 4.69) is 5.32 Å². The second kappa shape index (κ2) is 6.97. The summed E-state index contributed by atoms with van der Waals surface area (Å²) in [5.74, 6) is -1.04. The molecule has 7 heteroatoms. The fraction of sp³-hybridized carbons (Fsp3) is 0.316. The smallest absolute Gasteiger partial charge is 0.360 e. The average molecular weight is 366 g/mol. The van der Waals surface area contributed by atoms with Crippen LogP contribution in [0, 0.1) is 12.7 Å². The van der Waals surface area contributed by atoms with Crippen molar-refractivity contribution < 1.29 is 22.4 Å². The van der Waals surface area contributed by atoms with E-state index in [1.807, 2.05) is 6.92 Å². The number of benzene rings is 2. The highest BCUT2D eigenvalue weighted by molar-refractivity contribution is 5.95. The molecule has 0 spiro atoms.